The third-order valence-electron chi connectivity index (χ3n) is 7.34. The molecule has 1 saturated carbocycles. The molecule has 1 fully saturated rings. The van der Waals surface area contributed by atoms with Crippen molar-refractivity contribution in [1.29, 1.82) is 0 Å². The predicted octanol–water partition coefficient (Wildman–Crippen LogP) is 5.99. The van der Waals surface area contributed by atoms with Gasteiger partial charge in [0.15, 0.2) is 0 Å². The SMILES string of the molecule is CS(=O)(=O)N(CC(=O)N(Cc1ccc(F)cc1)C(Cc1ccccc1)C(=O)NC1CCCCC1)c1cc(Cl)ccc1Cl. The van der Waals surface area contributed by atoms with Crippen molar-refractivity contribution in [3.05, 3.63) is 99.8 Å². The van der Waals surface area contributed by atoms with E-state index in [1.165, 1.54) is 47.4 Å². The van der Waals surface area contributed by atoms with E-state index in [2.05, 4.69) is 5.32 Å². The van der Waals surface area contributed by atoms with Crippen LogP contribution < -0.4 is 9.62 Å². The first-order valence-corrected chi connectivity index (χ1v) is 16.4. The first kappa shape index (κ1) is 31.8. The molecular formula is C31H34Cl2FN3O4S. The number of rotatable bonds is 11. The highest BCUT2D eigenvalue weighted by atomic mass is 35.5. The molecule has 0 spiro atoms. The number of anilines is 1. The van der Waals surface area contributed by atoms with Gasteiger partial charge >= 0.3 is 0 Å². The Balaban J connectivity index is 1.73. The van der Waals surface area contributed by atoms with Crippen molar-refractivity contribution in [1.82, 2.24) is 10.2 Å². The molecular weight excluding hydrogens is 600 g/mol. The molecule has 1 N–H and O–H groups in total. The summed E-state index contributed by atoms with van der Waals surface area (Å²) in [6.45, 7) is -0.669. The summed E-state index contributed by atoms with van der Waals surface area (Å²) in [6, 6.07) is 18.3. The van der Waals surface area contributed by atoms with Crippen LogP contribution >= 0.6 is 23.2 Å². The van der Waals surface area contributed by atoms with Crippen molar-refractivity contribution in [2.24, 2.45) is 0 Å². The molecule has 11 heteroatoms. The molecule has 1 atom stereocenters. The Kier molecular flexibility index (Phi) is 10.9. The van der Waals surface area contributed by atoms with Crippen LogP contribution in [0.5, 0.6) is 0 Å². The van der Waals surface area contributed by atoms with E-state index in [4.69, 9.17) is 23.2 Å². The first-order valence-electron chi connectivity index (χ1n) is 13.8. The van der Waals surface area contributed by atoms with Gasteiger partial charge in [-0.15, -0.1) is 0 Å². The summed E-state index contributed by atoms with van der Waals surface area (Å²) in [7, 11) is -4.00. The molecule has 7 nitrogen and oxygen atoms in total. The minimum absolute atomic E-state index is 0.00918. The highest BCUT2D eigenvalue weighted by molar-refractivity contribution is 7.92. The summed E-state index contributed by atoms with van der Waals surface area (Å²) in [5.41, 5.74) is 1.46. The van der Waals surface area contributed by atoms with E-state index in [-0.39, 0.29) is 40.6 Å². The Morgan fingerprint density at radius 1 is 0.952 bits per heavy atom. The molecule has 0 aliphatic heterocycles. The van der Waals surface area contributed by atoms with Crippen LogP contribution in [0.3, 0.4) is 0 Å². The summed E-state index contributed by atoms with van der Waals surface area (Å²) in [5.74, 6) is -1.39. The van der Waals surface area contributed by atoms with Gasteiger partial charge in [0.25, 0.3) is 0 Å². The molecule has 0 bridgehead atoms. The molecule has 0 aromatic heterocycles. The summed E-state index contributed by atoms with van der Waals surface area (Å²) in [5, 5.41) is 3.48. The largest absolute Gasteiger partial charge is 0.352 e. The molecule has 1 aliphatic carbocycles. The lowest BCUT2D eigenvalue weighted by molar-refractivity contribution is -0.140. The Bertz CT molecular complexity index is 1480. The highest BCUT2D eigenvalue weighted by Gasteiger charge is 2.34. The number of carbonyl (C=O) groups excluding carboxylic acids is 2. The van der Waals surface area contributed by atoms with Crippen LogP contribution in [0.25, 0.3) is 0 Å². The Morgan fingerprint density at radius 2 is 1.62 bits per heavy atom. The predicted molar refractivity (Wildman–Crippen MR) is 165 cm³/mol. The van der Waals surface area contributed by atoms with E-state index < -0.39 is 34.3 Å². The van der Waals surface area contributed by atoms with Gasteiger partial charge in [0, 0.05) is 24.0 Å². The molecule has 4 rings (SSSR count). The van der Waals surface area contributed by atoms with E-state index in [1.807, 2.05) is 30.3 Å². The van der Waals surface area contributed by atoms with Gasteiger partial charge in [-0.3, -0.25) is 13.9 Å². The van der Waals surface area contributed by atoms with Crippen molar-refractivity contribution in [3.63, 3.8) is 0 Å². The van der Waals surface area contributed by atoms with Gasteiger partial charge in [0.2, 0.25) is 21.8 Å². The Hall–Kier alpha value is -3.14. The zero-order valence-corrected chi connectivity index (χ0v) is 25.6. The fourth-order valence-electron chi connectivity index (χ4n) is 5.16. The molecule has 0 saturated heterocycles. The van der Waals surface area contributed by atoms with Crippen LogP contribution in [-0.4, -0.2) is 50.0 Å². The smallest absolute Gasteiger partial charge is 0.244 e. The van der Waals surface area contributed by atoms with E-state index >= 15 is 0 Å². The lowest BCUT2D eigenvalue weighted by atomic mass is 9.94. The number of halogens is 3. The van der Waals surface area contributed by atoms with Gasteiger partial charge in [0.05, 0.1) is 17.0 Å². The summed E-state index contributed by atoms with van der Waals surface area (Å²) >= 11 is 12.5. The number of nitrogens with one attached hydrogen (secondary N) is 1. The second-order valence-corrected chi connectivity index (χ2v) is 13.3. The van der Waals surface area contributed by atoms with Crippen molar-refractivity contribution in [2.45, 2.75) is 57.2 Å². The van der Waals surface area contributed by atoms with Crippen LogP contribution in [0.4, 0.5) is 10.1 Å². The third kappa shape index (κ3) is 8.69. The van der Waals surface area contributed by atoms with Crippen LogP contribution in [0, 0.1) is 5.82 Å². The molecule has 224 valence electrons. The maximum absolute atomic E-state index is 14.2. The number of carbonyl (C=O) groups is 2. The third-order valence-corrected chi connectivity index (χ3v) is 9.03. The number of sulfonamides is 1. The average Bonchev–Trinajstić information content (AvgIpc) is 2.96. The van der Waals surface area contributed by atoms with E-state index in [9.17, 15) is 22.4 Å². The standard InChI is InChI=1S/C31H34Cl2FN3O4S/c1-42(40,41)37(28-19-24(32)14-17-27(28)33)21-30(38)36(20-23-12-15-25(34)16-13-23)29(18-22-8-4-2-5-9-22)31(39)35-26-10-6-3-7-11-26/h2,4-5,8-9,12-17,19,26,29H,3,6-7,10-11,18,20-21H2,1H3,(H,35,39). The van der Waals surface area contributed by atoms with E-state index in [0.29, 0.717) is 5.56 Å². The summed E-state index contributed by atoms with van der Waals surface area (Å²) in [6.07, 6.45) is 6.01. The molecule has 42 heavy (non-hydrogen) atoms. The van der Waals surface area contributed by atoms with Crippen molar-refractivity contribution in [2.75, 3.05) is 17.1 Å². The van der Waals surface area contributed by atoms with Gasteiger partial charge in [-0.25, -0.2) is 12.8 Å². The molecule has 3 aromatic carbocycles. The molecule has 0 radical (unpaired) electrons. The Morgan fingerprint density at radius 3 is 2.26 bits per heavy atom. The van der Waals surface area contributed by atoms with Crippen molar-refractivity contribution in [3.8, 4) is 0 Å². The molecule has 0 heterocycles. The van der Waals surface area contributed by atoms with Gasteiger partial charge in [-0.1, -0.05) is 84.9 Å². The molecule has 2 amide bonds. The normalized spacial score (nSPS) is 14.7. The van der Waals surface area contributed by atoms with Crippen molar-refractivity contribution >= 4 is 50.7 Å². The zero-order valence-electron chi connectivity index (χ0n) is 23.3. The maximum Gasteiger partial charge on any atom is 0.244 e. The first-order chi connectivity index (χ1) is 20.0. The fraction of sp³-hybridized carbons (Fsp3) is 0.355. The second kappa shape index (κ2) is 14.4. The quantitative estimate of drug-likeness (QED) is 0.281. The van der Waals surface area contributed by atoms with Gasteiger partial charge in [-0.2, -0.15) is 0 Å². The fourth-order valence-corrected chi connectivity index (χ4v) is 6.45. The van der Waals surface area contributed by atoms with E-state index in [1.54, 1.807) is 0 Å². The van der Waals surface area contributed by atoms with Crippen LogP contribution in [0.2, 0.25) is 10.0 Å². The topological polar surface area (TPSA) is 86.8 Å². The van der Waals surface area contributed by atoms with Gasteiger partial charge < -0.3 is 10.2 Å². The summed E-state index contributed by atoms with van der Waals surface area (Å²) < 4.78 is 40.5. The molecule has 3 aromatic rings. The number of amides is 2. The maximum atomic E-state index is 14.2. The van der Waals surface area contributed by atoms with Crippen LogP contribution in [-0.2, 0) is 32.6 Å². The number of hydrogen-bond acceptors (Lipinski definition) is 4. The lowest BCUT2D eigenvalue weighted by Gasteiger charge is -2.35. The number of nitrogens with zero attached hydrogens (tertiary/aromatic N) is 2. The average molecular weight is 635 g/mol. The van der Waals surface area contributed by atoms with Crippen LogP contribution in [0.15, 0.2) is 72.8 Å². The minimum Gasteiger partial charge on any atom is -0.352 e. The summed E-state index contributed by atoms with van der Waals surface area (Å²) in [4.78, 5) is 29.5. The lowest BCUT2D eigenvalue weighted by Crippen LogP contribution is -2.55. The highest BCUT2D eigenvalue weighted by Crippen LogP contribution is 2.31. The minimum atomic E-state index is -4.00. The zero-order chi connectivity index (χ0) is 30.3. The van der Waals surface area contributed by atoms with Gasteiger partial charge in [-0.05, 0) is 54.3 Å². The van der Waals surface area contributed by atoms with Crippen LogP contribution in [0.1, 0.15) is 43.2 Å². The number of benzene rings is 3. The second-order valence-electron chi connectivity index (χ2n) is 10.6. The molecule has 1 unspecified atom stereocenters. The van der Waals surface area contributed by atoms with Crippen molar-refractivity contribution < 1.29 is 22.4 Å². The Labute approximate surface area is 256 Å². The molecule has 1 aliphatic rings. The van der Waals surface area contributed by atoms with E-state index in [0.717, 1.165) is 48.2 Å². The number of hydrogen-bond donors (Lipinski definition) is 1. The monoisotopic (exact) mass is 633 g/mol. The van der Waals surface area contributed by atoms with Gasteiger partial charge in [0.1, 0.15) is 18.4 Å².